The highest BCUT2D eigenvalue weighted by atomic mass is 32.1. The number of hydrogen-bond donors (Lipinski definition) is 1. The van der Waals surface area contributed by atoms with E-state index in [9.17, 15) is 0 Å². The number of rotatable bonds is 5. The molecule has 0 amide bonds. The second-order valence-electron chi connectivity index (χ2n) is 5.60. The van der Waals surface area contributed by atoms with Crippen LogP contribution >= 0.6 is 11.3 Å². The summed E-state index contributed by atoms with van der Waals surface area (Å²) in [6.07, 6.45) is 4.94. The highest BCUT2D eigenvalue weighted by Crippen LogP contribution is 2.30. The molecule has 0 aliphatic heterocycles. The molecule has 0 fully saturated rings. The third kappa shape index (κ3) is 3.28. The highest BCUT2D eigenvalue weighted by Gasteiger charge is 2.18. The highest BCUT2D eigenvalue weighted by molar-refractivity contribution is 7.09. The van der Waals surface area contributed by atoms with E-state index >= 15 is 0 Å². The normalized spacial score (nSPS) is 17.9. The number of thiazole rings is 1. The first kappa shape index (κ1) is 13.8. The molecule has 1 aliphatic carbocycles. The molecule has 1 aromatic heterocycles. The maximum atomic E-state index is 4.51. The monoisotopic (exact) mass is 286 g/mol. The van der Waals surface area contributed by atoms with E-state index in [4.69, 9.17) is 0 Å². The van der Waals surface area contributed by atoms with E-state index in [0.29, 0.717) is 5.92 Å². The molecule has 2 aromatic rings. The van der Waals surface area contributed by atoms with Gasteiger partial charge in [-0.3, -0.25) is 0 Å². The summed E-state index contributed by atoms with van der Waals surface area (Å²) < 4.78 is 0. The van der Waals surface area contributed by atoms with Gasteiger partial charge in [-0.2, -0.15) is 0 Å². The number of benzene rings is 1. The summed E-state index contributed by atoms with van der Waals surface area (Å²) in [5, 5.41) is 6.96. The fraction of sp³-hybridized carbons (Fsp3) is 0.471. The topological polar surface area (TPSA) is 24.9 Å². The predicted molar refractivity (Wildman–Crippen MR) is 85.5 cm³/mol. The summed E-state index contributed by atoms with van der Waals surface area (Å²) >= 11 is 1.74. The van der Waals surface area contributed by atoms with Crippen LogP contribution in [0.3, 0.4) is 0 Å². The van der Waals surface area contributed by atoms with Gasteiger partial charge in [0.25, 0.3) is 0 Å². The Bertz CT molecular complexity index is 562. The summed E-state index contributed by atoms with van der Waals surface area (Å²) in [6, 6.07) is 8.94. The first-order valence-corrected chi connectivity index (χ1v) is 8.40. The Kier molecular flexibility index (Phi) is 4.48. The van der Waals surface area contributed by atoms with Crippen molar-refractivity contribution in [1.82, 2.24) is 10.3 Å². The first-order chi connectivity index (χ1) is 9.83. The molecule has 0 saturated carbocycles. The van der Waals surface area contributed by atoms with Crippen molar-refractivity contribution < 1.29 is 0 Å². The maximum Gasteiger partial charge on any atom is 0.0897 e. The van der Waals surface area contributed by atoms with Gasteiger partial charge in [0.1, 0.15) is 0 Å². The van der Waals surface area contributed by atoms with Crippen molar-refractivity contribution >= 4 is 11.3 Å². The fourth-order valence-electron chi connectivity index (χ4n) is 3.08. The number of aryl methyl sites for hydroxylation is 2. The Morgan fingerprint density at radius 1 is 1.35 bits per heavy atom. The molecule has 1 N–H and O–H groups in total. The van der Waals surface area contributed by atoms with Gasteiger partial charge in [-0.1, -0.05) is 24.3 Å². The average Bonchev–Trinajstić information content (AvgIpc) is 2.89. The zero-order valence-corrected chi connectivity index (χ0v) is 12.9. The molecule has 0 saturated heterocycles. The molecule has 1 atom stereocenters. The lowest BCUT2D eigenvalue weighted by molar-refractivity contribution is 0.508. The molecule has 0 radical (unpaired) electrons. The van der Waals surface area contributed by atoms with E-state index in [1.54, 1.807) is 22.5 Å². The fourth-order valence-corrected chi connectivity index (χ4v) is 3.73. The van der Waals surface area contributed by atoms with Crippen LogP contribution in [0.5, 0.6) is 0 Å². The SMILES string of the molecule is Cc1nc(CCNCC2CCCc3ccccc32)cs1. The molecule has 106 valence electrons. The number of aromatic nitrogens is 1. The van der Waals surface area contributed by atoms with Gasteiger partial charge in [0, 0.05) is 24.9 Å². The van der Waals surface area contributed by atoms with Crippen molar-refractivity contribution in [2.24, 2.45) is 0 Å². The van der Waals surface area contributed by atoms with Gasteiger partial charge in [-0.25, -0.2) is 4.98 Å². The largest absolute Gasteiger partial charge is 0.316 e. The van der Waals surface area contributed by atoms with Gasteiger partial charge in [0.2, 0.25) is 0 Å². The molecule has 1 aliphatic rings. The minimum atomic E-state index is 0.692. The van der Waals surface area contributed by atoms with Gasteiger partial charge >= 0.3 is 0 Å². The molecule has 1 unspecified atom stereocenters. The lowest BCUT2D eigenvalue weighted by Crippen LogP contribution is -2.26. The van der Waals surface area contributed by atoms with Crippen molar-refractivity contribution in [1.29, 1.82) is 0 Å². The van der Waals surface area contributed by atoms with Crippen molar-refractivity contribution in [2.45, 2.75) is 38.5 Å². The standard InChI is InChI=1S/C17H22N2S/c1-13-19-16(12-20-13)9-10-18-11-15-7-4-6-14-5-2-3-8-17(14)15/h2-3,5,8,12,15,18H,4,6-7,9-11H2,1H3. The number of fused-ring (bicyclic) bond motifs is 1. The molecule has 0 spiro atoms. The zero-order valence-electron chi connectivity index (χ0n) is 12.1. The molecule has 1 heterocycles. The van der Waals surface area contributed by atoms with E-state index in [2.05, 4.69) is 46.9 Å². The maximum absolute atomic E-state index is 4.51. The van der Waals surface area contributed by atoms with Crippen molar-refractivity contribution in [3.63, 3.8) is 0 Å². The number of nitrogens with one attached hydrogen (secondary N) is 1. The van der Waals surface area contributed by atoms with Gasteiger partial charge in [0.05, 0.1) is 10.7 Å². The van der Waals surface area contributed by atoms with Crippen LogP contribution in [0.2, 0.25) is 0 Å². The Morgan fingerprint density at radius 3 is 3.10 bits per heavy atom. The van der Waals surface area contributed by atoms with Gasteiger partial charge in [-0.15, -0.1) is 11.3 Å². The van der Waals surface area contributed by atoms with Crippen molar-refractivity contribution in [3.8, 4) is 0 Å². The molecule has 20 heavy (non-hydrogen) atoms. The predicted octanol–water partition coefficient (Wildman–Crippen LogP) is 3.70. The number of nitrogens with zero attached hydrogens (tertiary/aromatic N) is 1. The summed E-state index contributed by atoms with van der Waals surface area (Å²) in [5.74, 6) is 0.692. The average molecular weight is 286 g/mol. The van der Waals surface area contributed by atoms with E-state index in [1.807, 2.05) is 0 Å². The van der Waals surface area contributed by atoms with Crippen LogP contribution in [0.15, 0.2) is 29.6 Å². The third-order valence-electron chi connectivity index (χ3n) is 4.11. The second-order valence-corrected chi connectivity index (χ2v) is 6.66. The smallest absolute Gasteiger partial charge is 0.0897 e. The summed E-state index contributed by atoms with van der Waals surface area (Å²) in [5.41, 5.74) is 4.35. The minimum absolute atomic E-state index is 0.692. The zero-order chi connectivity index (χ0) is 13.8. The Labute approximate surface area is 125 Å². The van der Waals surface area contributed by atoms with Crippen LogP contribution in [0, 0.1) is 6.92 Å². The summed E-state index contributed by atoms with van der Waals surface area (Å²) in [4.78, 5) is 4.51. The number of hydrogen-bond acceptors (Lipinski definition) is 3. The van der Waals surface area contributed by atoms with Crippen LogP contribution in [0.1, 0.15) is 40.6 Å². The van der Waals surface area contributed by atoms with Crippen LogP contribution in [-0.2, 0) is 12.8 Å². The molecule has 3 heteroatoms. The molecule has 2 nitrogen and oxygen atoms in total. The summed E-state index contributed by atoms with van der Waals surface area (Å²) in [7, 11) is 0. The molecular formula is C17H22N2S. The van der Waals surface area contributed by atoms with Crippen LogP contribution in [0.4, 0.5) is 0 Å². The molecule has 3 rings (SSSR count). The molecule has 1 aromatic carbocycles. The minimum Gasteiger partial charge on any atom is -0.316 e. The van der Waals surface area contributed by atoms with Crippen LogP contribution < -0.4 is 5.32 Å². The Hall–Kier alpha value is -1.19. The molecule has 0 bridgehead atoms. The van der Waals surface area contributed by atoms with E-state index < -0.39 is 0 Å². The van der Waals surface area contributed by atoms with E-state index in [1.165, 1.54) is 30.0 Å². The third-order valence-corrected chi connectivity index (χ3v) is 4.93. The van der Waals surface area contributed by atoms with Gasteiger partial charge in [0.15, 0.2) is 0 Å². The molecular weight excluding hydrogens is 264 g/mol. The van der Waals surface area contributed by atoms with Crippen molar-refractivity contribution in [3.05, 3.63) is 51.5 Å². The lowest BCUT2D eigenvalue weighted by atomic mass is 9.83. The second kappa shape index (κ2) is 6.51. The van der Waals surface area contributed by atoms with Crippen LogP contribution in [0.25, 0.3) is 0 Å². The van der Waals surface area contributed by atoms with Gasteiger partial charge in [-0.05, 0) is 43.2 Å². The van der Waals surface area contributed by atoms with Crippen molar-refractivity contribution in [2.75, 3.05) is 13.1 Å². The lowest BCUT2D eigenvalue weighted by Gasteiger charge is -2.25. The van der Waals surface area contributed by atoms with E-state index in [0.717, 1.165) is 19.5 Å². The van der Waals surface area contributed by atoms with Crippen LogP contribution in [-0.4, -0.2) is 18.1 Å². The van der Waals surface area contributed by atoms with Gasteiger partial charge < -0.3 is 5.32 Å². The Morgan fingerprint density at radius 2 is 2.25 bits per heavy atom. The van der Waals surface area contributed by atoms with E-state index in [-0.39, 0.29) is 0 Å². The first-order valence-electron chi connectivity index (χ1n) is 7.52. The summed E-state index contributed by atoms with van der Waals surface area (Å²) in [6.45, 7) is 4.20. The Balaban J connectivity index is 1.50. The quantitative estimate of drug-likeness (QED) is 0.848.